The van der Waals surface area contributed by atoms with E-state index in [2.05, 4.69) is 0 Å². The van der Waals surface area contributed by atoms with E-state index in [0.717, 1.165) is 21.3 Å². The second kappa shape index (κ2) is 6.94. The van der Waals surface area contributed by atoms with E-state index in [-0.39, 0.29) is 19.6 Å². The van der Waals surface area contributed by atoms with Crippen LogP contribution in [0.25, 0.3) is 21.8 Å². The van der Waals surface area contributed by atoms with Gasteiger partial charge >= 0.3 is 0 Å². The third-order valence-corrected chi connectivity index (χ3v) is 5.77. The molecule has 0 aliphatic heterocycles. The minimum absolute atomic E-state index is 0.0128. The van der Waals surface area contributed by atoms with Gasteiger partial charge in [0.2, 0.25) is 10.0 Å². The lowest BCUT2D eigenvalue weighted by Crippen LogP contribution is -2.38. The summed E-state index contributed by atoms with van der Waals surface area (Å²) >= 11 is 0. The topological polar surface area (TPSA) is 62.5 Å². The van der Waals surface area contributed by atoms with Gasteiger partial charge in [-0.3, -0.25) is 0 Å². The first-order valence-electron chi connectivity index (χ1n) is 8.21. The molecule has 3 aromatic rings. The number of halogens is 2. The first kappa shape index (κ1) is 18.8. The third kappa shape index (κ3) is 3.58. The van der Waals surface area contributed by atoms with Gasteiger partial charge in [-0.1, -0.05) is 6.92 Å². The van der Waals surface area contributed by atoms with Crippen molar-refractivity contribution in [1.29, 1.82) is 0 Å². The normalized spacial score (nSPS) is 13.8. The van der Waals surface area contributed by atoms with Crippen molar-refractivity contribution in [3.8, 4) is 0 Å². The summed E-state index contributed by atoms with van der Waals surface area (Å²) in [6.07, 6.45) is 0.0454. The minimum atomic E-state index is -3.44. The molecular formula is C18H20F2N2O3S. The first-order valence-corrected chi connectivity index (χ1v) is 10.1. The number of aliphatic hydroxyl groups is 1. The molecule has 5 nitrogen and oxygen atoms in total. The van der Waals surface area contributed by atoms with Crippen molar-refractivity contribution in [1.82, 2.24) is 8.87 Å². The molecule has 1 heterocycles. The summed E-state index contributed by atoms with van der Waals surface area (Å²) in [5, 5.41) is 11.9. The Morgan fingerprint density at radius 1 is 1.08 bits per heavy atom. The van der Waals surface area contributed by atoms with E-state index < -0.39 is 27.8 Å². The molecule has 1 aromatic heterocycles. The Hall–Kier alpha value is -2.03. The molecule has 0 saturated heterocycles. The van der Waals surface area contributed by atoms with Crippen LogP contribution in [0.5, 0.6) is 0 Å². The highest BCUT2D eigenvalue weighted by atomic mass is 32.2. The van der Waals surface area contributed by atoms with Crippen LogP contribution >= 0.6 is 0 Å². The zero-order valence-corrected chi connectivity index (χ0v) is 15.3. The van der Waals surface area contributed by atoms with Gasteiger partial charge in [-0.15, -0.1) is 0 Å². The monoisotopic (exact) mass is 382 g/mol. The third-order valence-electron chi connectivity index (χ3n) is 4.42. The van der Waals surface area contributed by atoms with Gasteiger partial charge in [0, 0.05) is 23.9 Å². The number of benzene rings is 2. The SMILES string of the molecule is CCN(CC(O)Cn1c2cc(F)ccc2c2ccc(F)cc21)S(C)(=O)=O. The Kier molecular flexibility index (Phi) is 5.01. The van der Waals surface area contributed by atoms with Crippen LogP contribution in [-0.4, -0.2) is 47.8 Å². The molecule has 1 unspecified atom stereocenters. The van der Waals surface area contributed by atoms with Crippen molar-refractivity contribution in [2.75, 3.05) is 19.3 Å². The van der Waals surface area contributed by atoms with Crippen molar-refractivity contribution >= 4 is 31.8 Å². The van der Waals surface area contributed by atoms with Crippen molar-refractivity contribution in [3.05, 3.63) is 48.0 Å². The summed E-state index contributed by atoms with van der Waals surface area (Å²) in [4.78, 5) is 0. The smallest absolute Gasteiger partial charge is 0.211 e. The fraction of sp³-hybridized carbons (Fsp3) is 0.333. The molecule has 140 valence electrons. The molecule has 1 N–H and O–H groups in total. The van der Waals surface area contributed by atoms with Crippen LogP contribution < -0.4 is 0 Å². The summed E-state index contributed by atoms with van der Waals surface area (Å²) in [5.41, 5.74) is 1.04. The number of rotatable bonds is 6. The molecule has 0 amide bonds. The highest BCUT2D eigenvalue weighted by Gasteiger charge is 2.21. The summed E-state index contributed by atoms with van der Waals surface area (Å²) < 4.78 is 53.7. The van der Waals surface area contributed by atoms with E-state index in [1.165, 1.54) is 24.3 Å². The molecule has 0 spiro atoms. The average Bonchev–Trinajstić information content (AvgIpc) is 2.84. The molecule has 8 heteroatoms. The lowest BCUT2D eigenvalue weighted by molar-refractivity contribution is 0.132. The maximum atomic E-state index is 13.7. The van der Waals surface area contributed by atoms with Crippen molar-refractivity contribution < 1.29 is 22.3 Å². The van der Waals surface area contributed by atoms with Crippen molar-refractivity contribution in [3.63, 3.8) is 0 Å². The van der Waals surface area contributed by atoms with Gasteiger partial charge < -0.3 is 9.67 Å². The van der Waals surface area contributed by atoms with Crippen LogP contribution in [0.15, 0.2) is 36.4 Å². The fourth-order valence-corrected chi connectivity index (χ4v) is 4.15. The zero-order chi connectivity index (χ0) is 19.1. The fourth-order valence-electron chi connectivity index (χ4n) is 3.24. The van der Waals surface area contributed by atoms with E-state index in [9.17, 15) is 22.3 Å². The Labute approximate surface area is 150 Å². The summed E-state index contributed by atoms with van der Waals surface area (Å²) in [6, 6.07) is 8.54. The van der Waals surface area contributed by atoms with E-state index in [4.69, 9.17) is 0 Å². The number of hydrogen-bond donors (Lipinski definition) is 1. The van der Waals surface area contributed by atoms with Gasteiger partial charge in [-0.2, -0.15) is 4.31 Å². The number of aliphatic hydroxyl groups excluding tert-OH is 1. The predicted octanol–water partition coefficient (Wildman–Crippen LogP) is 2.72. The molecule has 2 aromatic carbocycles. The summed E-state index contributed by atoms with van der Waals surface area (Å²) in [7, 11) is -3.44. The molecule has 3 rings (SSSR count). The number of hydrogen-bond acceptors (Lipinski definition) is 3. The van der Waals surface area contributed by atoms with Crippen LogP contribution in [0.2, 0.25) is 0 Å². The highest BCUT2D eigenvalue weighted by molar-refractivity contribution is 7.88. The molecule has 0 fully saturated rings. The number of aromatic nitrogens is 1. The van der Waals surface area contributed by atoms with Crippen LogP contribution in [0, 0.1) is 11.6 Å². The van der Waals surface area contributed by atoms with Crippen LogP contribution in [0.3, 0.4) is 0 Å². The van der Waals surface area contributed by atoms with Crippen LogP contribution in [0.1, 0.15) is 6.92 Å². The largest absolute Gasteiger partial charge is 0.390 e. The predicted molar refractivity (Wildman–Crippen MR) is 97.5 cm³/mol. The standard InChI is InChI=1S/C18H20F2N2O3S/c1-3-21(26(2,24)25)10-14(23)11-22-17-8-12(19)4-6-15(17)16-7-5-13(20)9-18(16)22/h4-9,14,23H,3,10-11H2,1-2H3. The van der Waals surface area contributed by atoms with E-state index in [1.807, 2.05) is 0 Å². The number of fused-ring (bicyclic) bond motifs is 3. The first-order chi connectivity index (χ1) is 12.2. The maximum Gasteiger partial charge on any atom is 0.211 e. The Morgan fingerprint density at radius 2 is 1.58 bits per heavy atom. The zero-order valence-electron chi connectivity index (χ0n) is 14.5. The van der Waals surface area contributed by atoms with E-state index in [0.29, 0.717) is 11.0 Å². The molecule has 0 aliphatic rings. The number of likely N-dealkylation sites (N-methyl/N-ethyl adjacent to an activating group) is 1. The van der Waals surface area contributed by atoms with Crippen LogP contribution in [0.4, 0.5) is 8.78 Å². The molecule has 0 saturated carbocycles. The molecular weight excluding hydrogens is 362 g/mol. The van der Waals surface area contributed by atoms with Gasteiger partial charge in [0.1, 0.15) is 11.6 Å². The Balaban J connectivity index is 2.05. The van der Waals surface area contributed by atoms with Crippen molar-refractivity contribution in [2.45, 2.75) is 19.6 Å². The van der Waals surface area contributed by atoms with Crippen molar-refractivity contribution in [2.24, 2.45) is 0 Å². The van der Waals surface area contributed by atoms with Gasteiger partial charge in [-0.25, -0.2) is 17.2 Å². The van der Waals surface area contributed by atoms with E-state index in [1.54, 1.807) is 23.6 Å². The molecule has 1 atom stereocenters. The average molecular weight is 382 g/mol. The van der Waals surface area contributed by atoms with Gasteiger partial charge in [-0.05, 0) is 36.4 Å². The summed E-state index contributed by atoms with van der Waals surface area (Å²) in [5.74, 6) is -0.884. The lowest BCUT2D eigenvalue weighted by atomic mass is 10.1. The summed E-state index contributed by atoms with van der Waals surface area (Å²) in [6.45, 7) is 1.82. The lowest BCUT2D eigenvalue weighted by Gasteiger charge is -2.22. The quantitative estimate of drug-likeness (QED) is 0.713. The molecule has 26 heavy (non-hydrogen) atoms. The molecule has 0 radical (unpaired) electrons. The van der Waals surface area contributed by atoms with Crippen LogP contribution in [-0.2, 0) is 16.6 Å². The number of nitrogens with zero attached hydrogens (tertiary/aromatic N) is 2. The van der Waals surface area contributed by atoms with Gasteiger partial charge in [0.25, 0.3) is 0 Å². The second-order valence-corrected chi connectivity index (χ2v) is 8.28. The molecule has 0 bridgehead atoms. The molecule has 0 aliphatic carbocycles. The maximum absolute atomic E-state index is 13.7. The van der Waals surface area contributed by atoms with Gasteiger partial charge in [0.15, 0.2) is 0 Å². The highest BCUT2D eigenvalue weighted by Crippen LogP contribution is 2.30. The Bertz CT molecular complexity index is 1000. The van der Waals surface area contributed by atoms with E-state index >= 15 is 0 Å². The number of sulfonamides is 1. The minimum Gasteiger partial charge on any atom is -0.390 e. The second-order valence-electron chi connectivity index (χ2n) is 6.30. The Morgan fingerprint density at radius 3 is 2.00 bits per heavy atom. The van der Waals surface area contributed by atoms with Gasteiger partial charge in [0.05, 0.1) is 29.9 Å².